The number of benzene rings is 1. The Morgan fingerprint density at radius 2 is 2.21 bits per heavy atom. The number of halogens is 1. The number of ketones is 1. The summed E-state index contributed by atoms with van der Waals surface area (Å²) < 4.78 is 5.04. The Bertz CT molecular complexity index is 350. The summed E-state index contributed by atoms with van der Waals surface area (Å²) in [6.07, 6.45) is 0. The van der Waals surface area contributed by atoms with Gasteiger partial charge in [0, 0.05) is 0 Å². The third-order valence-corrected chi connectivity index (χ3v) is 2.17. The Hall–Kier alpha value is -1.06. The number of methoxy groups -OCH3 is 1. The van der Waals surface area contributed by atoms with E-state index >= 15 is 0 Å². The van der Waals surface area contributed by atoms with Crippen molar-refractivity contribution in [1.29, 1.82) is 0 Å². The minimum Gasteiger partial charge on any atom is -0.496 e. The summed E-state index contributed by atoms with van der Waals surface area (Å²) in [4.78, 5) is 11.7. The molecule has 1 aromatic rings. The lowest BCUT2D eigenvalue weighted by Gasteiger charge is -2.10. The summed E-state index contributed by atoms with van der Waals surface area (Å²) in [6.45, 7) is 1.62. The lowest BCUT2D eigenvalue weighted by molar-refractivity contribution is 0.0965. The lowest BCUT2D eigenvalue weighted by atomic mass is 10.1. The maximum absolute atomic E-state index is 11.7. The first-order chi connectivity index (χ1) is 6.57. The van der Waals surface area contributed by atoms with E-state index in [1.54, 1.807) is 25.1 Å². The van der Waals surface area contributed by atoms with Crippen LogP contribution in [0, 0.1) is 0 Å². The smallest absolute Gasteiger partial charge is 0.184 e. The largest absolute Gasteiger partial charge is 0.496 e. The summed E-state index contributed by atoms with van der Waals surface area (Å²) in [5.74, 6) is 0.243. The highest BCUT2D eigenvalue weighted by atomic mass is 35.5. The van der Waals surface area contributed by atoms with Crippen molar-refractivity contribution in [3.63, 3.8) is 0 Å². The van der Waals surface area contributed by atoms with Crippen LogP contribution in [0.4, 0.5) is 0 Å². The Labute approximate surface area is 87.8 Å². The van der Waals surface area contributed by atoms with Crippen LogP contribution in [0.1, 0.15) is 17.3 Å². The van der Waals surface area contributed by atoms with E-state index in [0.717, 1.165) is 0 Å². The zero-order valence-electron chi connectivity index (χ0n) is 8.08. The Kier molecular flexibility index (Phi) is 3.49. The van der Waals surface area contributed by atoms with E-state index in [-0.39, 0.29) is 5.78 Å². The van der Waals surface area contributed by atoms with Gasteiger partial charge in [0.25, 0.3) is 0 Å². The molecule has 4 heteroatoms. The zero-order valence-corrected chi connectivity index (χ0v) is 8.84. The van der Waals surface area contributed by atoms with E-state index in [9.17, 15) is 4.79 Å². The molecule has 0 saturated heterocycles. The molecule has 0 aliphatic heterocycles. The number of hydrogen-bond acceptors (Lipinski definition) is 3. The first-order valence-electron chi connectivity index (χ1n) is 4.20. The minimum absolute atomic E-state index is 0.215. The fraction of sp³-hybridized carbons (Fsp3) is 0.300. The SMILES string of the molecule is COc1cccc(Cl)c1C(=O)C(C)N. The second-order valence-electron chi connectivity index (χ2n) is 2.97. The Morgan fingerprint density at radius 1 is 1.57 bits per heavy atom. The molecule has 0 saturated carbocycles. The topological polar surface area (TPSA) is 52.3 Å². The third-order valence-electron chi connectivity index (χ3n) is 1.86. The molecule has 0 aromatic heterocycles. The van der Waals surface area contributed by atoms with Gasteiger partial charge in [0.1, 0.15) is 5.75 Å². The number of carbonyl (C=O) groups excluding carboxylic acids is 1. The predicted octanol–water partition coefficient (Wildman–Crippen LogP) is 1.88. The van der Waals surface area contributed by atoms with Gasteiger partial charge >= 0.3 is 0 Å². The maximum Gasteiger partial charge on any atom is 0.184 e. The van der Waals surface area contributed by atoms with Crippen molar-refractivity contribution < 1.29 is 9.53 Å². The first kappa shape index (κ1) is 11.0. The van der Waals surface area contributed by atoms with Crippen LogP contribution in [-0.2, 0) is 0 Å². The summed E-state index contributed by atoms with van der Waals surface area (Å²) >= 11 is 5.89. The van der Waals surface area contributed by atoms with Crippen LogP contribution in [0.5, 0.6) is 5.75 Å². The van der Waals surface area contributed by atoms with E-state index in [1.165, 1.54) is 7.11 Å². The van der Waals surface area contributed by atoms with Crippen molar-refractivity contribution in [2.75, 3.05) is 7.11 Å². The summed E-state index contributed by atoms with van der Waals surface area (Å²) in [5.41, 5.74) is 5.85. The molecule has 0 spiro atoms. The normalized spacial score (nSPS) is 12.3. The molecule has 0 aliphatic rings. The van der Waals surface area contributed by atoms with Gasteiger partial charge in [-0.1, -0.05) is 17.7 Å². The van der Waals surface area contributed by atoms with Crippen LogP contribution in [0.25, 0.3) is 0 Å². The molecule has 14 heavy (non-hydrogen) atoms. The average molecular weight is 214 g/mol. The van der Waals surface area contributed by atoms with Crippen molar-refractivity contribution >= 4 is 17.4 Å². The van der Waals surface area contributed by atoms with Crippen LogP contribution < -0.4 is 10.5 Å². The standard InChI is InChI=1S/C10H12ClNO2/c1-6(12)10(13)9-7(11)4-3-5-8(9)14-2/h3-6H,12H2,1-2H3. The van der Waals surface area contributed by atoms with Crippen LogP contribution in [0.15, 0.2) is 18.2 Å². The molecule has 0 fully saturated rings. The predicted molar refractivity (Wildman–Crippen MR) is 56.0 cm³/mol. The van der Waals surface area contributed by atoms with Gasteiger partial charge in [-0.05, 0) is 19.1 Å². The molecule has 0 aliphatic carbocycles. The number of carbonyl (C=O) groups is 1. The van der Waals surface area contributed by atoms with Gasteiger partial charge in [-0.2, -0.15) is 0 Å². The van der Waals surface area contributed by atoms with Crippen molar-refractivity contribution in [2.24, 2.45) is 5.73 Å². The fourth-order valence-corrected chi connectivity index (χ4v) is 1.40. The van der Waals surface area contributed by atoms with Gasteiger partial charge in [-0.25, -0.2) is 0 Å². The second-order valence-corrected chi connectivity index (χ2v) is 3.38. The second kappa shape index (κ2) is 4.44. The van der Waals surface area contributed by atoms with Gasteiger partial charge in [0.15, 0.2) is 5.78 Å². The van der Waals surface area contributed by atoms with E-state index in [2.05, 4.69) is 0 Å². The number of ether oxygens (including phenoxy) is 1. The van der Waals surface area contributed by atoms with Crippen LogP contribution >= 0.6 is 11.6 Å². The van der Waals surface area contributed by atoms with Gasteiger partial charge < -0.3 is 10.5 Å². The van der Waals surface area contributed by atoms with E-state index < -0.39 is 6.04 Å². The number of rotatable bonds is 3. The molecular formula is C10H12ClNO2. The highest BCUT2D eigenvalue weighted by Crippen LogP contribution is 2.27. The van der Waals surface area contributed by atoms with E-state index in [0.29, 0.717) is 16.3 Å². The molecule has 0 amide bonds. The highest BCUT2D eigenvalue weighted by molar-refractivity contribution is 6.34. The number of hydrogen-bond donors (Lipinski definition) is 1. The molecular weight excluding hydrogens is 202 g/mol. The van der Waals surface area contributed by atoms with Gasteiger partial charge in [0.05, 0.1) is 23.7 Å². The van der Waals surface area contributed by atoms with E-state index in [1.807, 2.05) is 0 Å². The van der Waals surface area contributed by atoms with Crippen molar-refractivity contribution in [2.45, 2.75) is 13.0 Å². The molecule has 76 valence electrons. The van der Waals surface area contributed by atoms with Gasteiger partial charge in [0.2, 0.25) is 0 Å². The molecule has 1 atom stereocenters. The number of Topliss-reactive ketones (excluding diaryl/α,β-unsaturated/α-hetero) is 1. The van der Waals surface area contributed by atoms with E-state index in [4.69, 9.17) is 22.1 Å². The molecule has 0 radical (unpaired) electrons. The summed E-state index contributed by atoms with van der Waals surface area (Å²) in [7, 11) is 1.49. The molecule has 1 unspecified atom stereocenters. The first-order valence-corrected chi connectivity index (χ1v) is 4.58. The van der Waals surface area contributed by atoms with Crippen molar-refractivity contribution in [3.05, 3.63) is 28.8 Å². The lowest BCUT2D eigenvalue weighted by Crippen LogP contribution is -2.27. The molecule has 0 bridgehead atoms. The van der Waals surface area contributed by atoms with Crippen molar-refractivity contribution in [3.8, 4) is 5.75 Å². The Balaban J connectivity index is 3.23. The number of nitrogens with two attached hydrogens (primary N) is 1. The molecule has 1 rings (SSSR count). The summed E-state index contributed by atoms with van der Waals surface area (Å²) in [5, 5.41) is 0.367. The van der Waals surface area contributed by atoms with Gasteiger partial charge in [-0.15, -0.1) is 0 Å². The van der Waals surface area contributed by atoms with Crippen LogP contribution in [-0.4, -0.2) is 18.9 Å². The zero-order chi connectivity index (χ0) is 10.7. The quantitative estimate of drug-likeness (QED) is 0.780. The fourth-order valence-electron chi connectivity index (χ4n) is 1.14. The Morgan fingerprint density at radius 3 is 2.71 bits per heavy atom. The summed E-state index contributed by atoms with van der Waals surface area (Å²) in [6, 6.07) is 4.46. The molecule has 3 nitrogen and oxygen atoms in total. The molecule has 2 N–H and O–H groups in total. The monoisotopic (exact) mass is 213 g/mol. The van der Waals surface area contributed by atoms with Crippen molar-refractivity contribution in [1.82, 2.24) is 0 Å². The van der Waals surface area contributed by atoms with Crippen LogP contribution in [0.2, 0.25) is 5.02 Å². The molecule has 1 aromatic carbocycles. The third kappa shape index (κ3) is 2.05. The molecule has 0 heterocycles. The average Bonchev–Trinajstić information content (AvgIpc) is 2.16. The van der Waals surface area contributed by atoms with Crippen LogP contribution in [0.3, 0.4) is 0 Å². The minimum atomic E-state index is -0.580. The van der Waals surface area contributed by atoms with Gasteiger partial charge in [-0.3, -0.25) is 4.79 Å². The maximum atomic E-state index is 11.7. The highest BCUT2D eigenvalue weighted by Gasteiger charge is 2.18.